The van der Waals surface area contributed by atoms with E-state index in [0.29, 0.717) is 5.56 Å². The molecule has 0 amide bonds. The van der Waals surface area contributed by atoms with Crippen LogP contribution in [0.15, 0.2) is 66.7 Å². The number of carboxylic acids is 1. The predicted octanol–water partition coefficient (Wildman–Crippen LogP) is 5.62. The van der Waals surface area contributed by atoms with Gasteiger partial charge >= 0.3 is 24.9 Å². The zero-order valence-electron chi connectivity index (χ0n) is 22.9. The molecule has 0 aliphatic rings. The second-order valence-corrected chi connectivity index (χ2v) is 11.0. The molecule has 0 saturated heterocycles. The van der Waals surface area contributed by atoms with Crippen molar-refractivity contribution in [3.8, 4) is 11.5 Å². The van der Waals surface area contributed by atoms with Crippen LogP contribution in [0.3, 0.4) is 0 Å². The van der Waals surface area contributed by atoms with Gasteiger partial charge in [0.25, 0.3) is 0 Å². The predicted molar refractivity (Wildman–Crippen MR) is 144 cm³/mol. The normalized spacial score (nSPS) is 13.4. The van der Waals surface area contributed by atoms with Gasteiger partial charge in [-0.2, -0.15) is 35.1 Å². The minimum Gasteiger partial charge on any atom is -0.506 e. The smallest absolute Gasteiger partial charge is 0.490 e. The average molecular weight is 675 g/mol. The van der Waals surface area contributed by atoms with E-state index in [2.05, 4.69) is 14.8 Å². The van der Waals surface area contributed by atoms with Gasteiger partial charge in [0.1, 0.15) is 11.5 Å². The molecular formula is C27H26F8N2O7S. The van der Waals surface area contributed by atoms with Crippen molar-refractivity contribution in [3.05, 3.63) is 89.0 Å². The van der Waals surface area contributed by atoms with E-state index < -0.39 is 52.7 Å². The molecule has 3 aromatic carbocycles. The van der Waals surface area contributed by atoms with Crippen LogP contribution in [0.4, 0.5) is 40.8 Å². The number of phenols is 1. The summed E-state index contributed by atoms with van der Waals surface area (Å²) < 4.78 is 127. The summed E-state index contributed by atoms with van der Waals surface area (Å²) in [6, 6.07) is 13.3. The van der Waals surface area contributed by atoms with E-state index in [1.54, 1.807) is 0 Å². The molecule has 0 heterocycles. The van der Waals surface area contributed by atoms with Crippen LogP contribution in [0, 0.1) is 0 Å². The van der Waals surface area contributed by atoms with Crippen molar-refractivity contribution < 1.29 is 68.4 Å². The summed E-state index contributed by atoms with van der Waals surface area (Å²) in [7, 11) is -3.72. The van der Waals surface area contributed by atoms with Gasteiger partial charge in [-0.05, 0) is 53.4 Å². The maximum absolute atomic E-state index is 13.6. The summed E-state index contributed by atoms with van der Waals surface area (Å²) >= 11 is 0. The lowest BCUT2D eigenvalue weighted by Gasteiger charge is -2.24. The zero-order valence-corrected chi connectivity index (χ0v) is 23.7. The van der Waals surface area contributed by atoms with E-state index in [-0.39, 0.29) is 41.3 Å². The molecule has 9 nitrogen and oxygen atoms in total. The lowest BCUT2D eigenvalue weighted by atomic mass is 9.95. The second kappa shape index (κ2) is 15.2. The summed E-state index contributed by atoms with van der Waals surface area (Å²) in [6.07, 6.45) is -10.2. The highest BCUT2D eigenvalue weighted by Gasteiger charge is 2.38. The first-order chi connectivity index (χ1) is 20.7. The number of aliphatic hydroxyl groups is 1. The molecule has 0 radical (unpaired) electrons. The average Bonchev–Trinajstić information content (AvgIpc) is 2.91. The molecule has 0 aromatic heterocycles. The Bertz CT molecular complexity index is 1530. The highest BCUT2D eigenvalue weighted by atomic mass is 32.2. The summed E-state index contributed by atoms with van der Waals surface area (Å²) in [6.45, 7) is -3.23. The number of benzene rings is 3. The van der Waals surface area contributed by atoms with Crippen LogP contribution >= 0.6 is 0 Å². The van der Waals surface area contributed by atoms with Crippen molar-refractivity contribution in [1.29, 1.82) is 0 Å². The van der Waals surface area contributed by atoms with Crippen molar-refractivity contribution >= 4 is 21.7 Å². The van der Waals surface area contributed by atoms with E-state index in [0.717, 1.165) is 12.3 Å². The molecule has 0 aliphatic carbocycles. The highest BCUT2D eigenvalue weighted by molar-refractivity contribution is 7.92. The number of aromatic hydroxyl groups is 1. The summed E-state index contributed by atoms with van der Waals surface area (Å²) in [4.78, 5) is 8.90. The minimum absolute atomic E-state index is 0.0239. The Morgan fingerprint density at radius 1 is 0.933 bits per heavy atom. The van der Waals surface area contributed by atoms with Crippen LogP contribution in [0.1, 0.15) is 34.4 Å². The Morgan fingerprint density at radius 3 is 2.00 bits per heavy atom. The first-order valence-corrected chi connectivity index (χ1v) is 14.3. The number of aliphatic hydroxyl groups excluding tert-OH is 1. The molecule has 5 N–H and O–H groups in total. The lowest BCUT2D eigenvalue weighted by Crippen LogP contribution is -2.29. The molecule has 2 atom stereocenters. The largest absolute Gasteiger partial charge is 0.506 e. The Kier molecular flexibility index (Phi) is 12.5. The van der Waals surface area contributed by atoms with Crippen LogP contribution in [0.25, 0.3) is 0 Å². The third-order valence-corrected chi connectivity index (χ3v) is 6.35. The Labute approximate surface area is 251 Å². The first-order valence-electron chi connectivity index (χ1n) is 12.4. The number of alkyl halides is 8. The van der Waals surface area contributed by atoms with Gasteiger partial charge in [-0.1, -0.05) is 36.4 Å². The van der Waals surface area contributed by atoms with Crippen molar-refractivity contribution in [2.75, 3.05) is 17.5 Å². The van der Waals surface area contributed by atoms with E-state index in [9.17, 15) is 53.8 Å². The molecule has 1 unspecified atom stereocenters. The third-order valence-electron chi connectivity index (χ3n) is 5.76. The molecule has 3 aromatic rings. The van der Waals surface area contributed by atoms with Crippen LogP contribution in [-0.4, -0.2) is 55.3 Å². The molecule has 0 saturated carbocycles. The van der Waals surface area contributed by atoms with Crippen molar-refractivity contribution in [3.63, 3.8) is 0 Å². The van der Waals surface area contributed by atoms with E-state index in [1.807, 2.05) is 0 Å². The molecule has 0 fully saturated rings. The molecular weight excluding hydrogens is 648 g/mol. The van der Waals surface area contributed by atoms with Crippen LogP contribution in [-0.2, 0) is 27.4 Å². The van der Waals surface area contributed by atoms with Gasteiger partial charge in [-0.25, -0.2) is 13.2 Å². The fourth-order valence-electron chi connectivity index (χ4n) is 3.80. The van der Waals surface area contributed by atoms with Gasteiger partial charge in [-0.15, -0.1) is 0 Å². The third kappa shape index (κ3) is 12.4. The number of rotatable bonds is 11. The van der Waals surface area contributed by atoms with Crippen LogP contribution < -0.4 is 14.8 Å². The number of carbonyl (C=O) groups is 1. The standard InChI is InChI=1S/C25H25F5N2O5S.C2HF3O2/c1-38(35,36)32-21-13-17(8-11-22(21)33)23(34)14-31-20(15-6-9-18(10-7-15)37-24(26)27)12-16-4-2-3-5-19(16)25(28,29)30;3-2(4,5)1(6)7/h2-11,13,20,23-24,31-34H,12,14H2,1H3;(H,6,7)/t20?,23-;/m0./s1. The molecule has 248 valence electrons. The van der Waals surface area contributed by atoms with Crippen LogP contribution in [0.2, 0.25) is 0 Å². The van der Waals surface area contributed by atoms with Gasteiger partial charge in [-0.3, -0.25) is 4.72 Å². The van der Waals surface area contributed by atoms with Gasteiger partial charge in [0.15, 0.2) is 0 Å². The van der Waals surface area contributed by atoms with E-state index in [1.165, 1.54) is 60.7 Å². The number of nitrogens with one attached hydrogen (secondary N) is 2. The lowest BCUT2D eigenvalue weighted by molar-refractivity contribution is -0.192. The maximum atomic E-state index is 13.6. The zero-order chi connectivity index (χ0) is 34.2. The van der Waals surface area contributed by atoms with Gasteiger partial charge in [0, 0.05) is 12.6 Å². The number of hydrogen-bond donors (Lipinski definition) is 5. The monoisotopic (exact) mass is 674 g/mol. The SMILES string of the molecule is CS(=O)(=O)Nc1cc([C@@H](O)CNC(Cc2ccccc2C(F)(F)F)c2ccc(OC(F)F)cc2)ccc1O.O=C(O)C(F)(F)F. The molecule has 0 bridgehead atoms. The molecule has 45 heavy (non-hydrogen) atoms. The van der Waals surface area contributed by atoms with Crippen molar-refractivity contribution in [2.45, 2.75) is 37.5 Å². The second-order valence-electron chi connectivity index (χ2n) is 9.24. The highest BCUT2D eigenvalue weighted by Crippen LogP contribution is 2.34. The number of halogens is 8. The Balaban J connectivity index is 0.000000900. The molecule has 18 heteroatoms. The van der Waals surface area contributed by atoms with E-state index >= 15 is 0 Å². The molecule has 0 aliphatic heterocycles. The minimum atomic E-state index is -5.08. The first kappa shape index (κ1) is 37.0. The van der Waals surface area contributed by atoms with Crippen molar-refractivity contribution in [1.82, 2.24) is 5.32 Å². The number of anilines is 1. The molecule has 3 rings (SSSR count). The number of aliphatic carboxylic acids is 1. The fourth-order valence-corrected chi connectivity index (χ4v) is 4.36. The summed E-state index contributed by atoms with van der Waals surface area (Å²) in [5.74, 6) is -3.26. The summed E-state index contributed by atoms with van der Waals surface area (Å²) in [5, 5.41) is 30.7. The van der Waals surface area contributed by atoms with Crippen LogP contribution in [0.5, 0.6) is 11.5 Å². The molecule has 0 spiro atoms. The number of hydrogen-bond acceptors (Lipinski definition) is 7. The van der Waals surface area contributed by atoms with Crippen molar-refractivity contribution in [2.24, 2.45) is 0 Å². The fraction of sp³-hybridized carbons (Fsp3) is 0.296. The van der Waals surface area contributed by atoms with Gasteiger partial charge in [0.2, 0.25) is 10.0 Å². The van der Waals surface area contributed by atoms with Gasteiger partial charge in [0.05, 0.1) is 23.6 Å². The quantitative estimate of drug-likeness (QED) is 0.130. The van der Waals surface area contributed by atoms with Gasteiger partial charge < -0.3 is 25.4 Å². The Hall–Kier alpha value is -4.16. The van der Waals surface area contributed by atoms with E-state index in [4.69, 9.17) is 9.90 Å². The summed E-state index contributed by atoms with van der Waals surface area (Å²) in [5.41, 5.74) is -0.351. The number of carboxylic acid groups (broad SMARTS) is 1. The Morgan fingerprint density at radius 2 is 1.49 bits per heavy atom. The number of phenolic OH excluding ortho intramolecular Hbond substituents is 1. The maximum Gasteiger partial charge on any atom is 0.490 e. The number of sulfonamides is 1. The topological polar surface area (TPSA) is 145 Å². The number of ether oxygens (including phenoxy) is 1.